The van der Waals surface area contributed by atoms with Gasteiger partial charge in [-0.05, 0) is 76.4 Å². The van der Waals surface area contributed by atoms with Crippen molar-refractivity contribution in [1.82, 2.24) is 4.98 Å². The molecule has 0 unspecified atom stereocenters. The molecule has 0 N–H and O–H groups in total. The Morgan fingerprint density at radius 3 is 1.79 bits per heavy atom. The Bertz CT molecular complexity index is 2240. The number of anilines is 3. The van der Waals surface area contributed by atoms with E-state index < -0.39 is 21.7 Å². The molecular weight excluding hydrogens is 574 g/mol. The summed E-state index contributed by atoms with van der Waals surface area (Å²) in [6, 6.07) is 32.0. The first-order valence-corrected chi connectivity index (χ1v) is 16.0. The Balaban J connectivity index is 1.61. The first-order valence-electron chi connectivity index (χ1n) is 16.0. The van der Waals surface area contributed by atoms with E-state index in [1.165, 1.54) is 22.3 Å². The largest absolute Gasteiger partial charge is 0.308 e. The number of nitrogens with zero attached hydrogens (tertiary/aromatic N) is 5. The highest BCUT2D eigenvalue weighted by Gasteiger charge is 2.68. The summed E-state index contributed by atoms with van der Waals surface area (Å²) >= 11 is 0. The normalized spacial score (nSPS) is 17.7. The van der Waals surface area contributed by atoms with Gasteiger partial charge in [0.2, 0.25) is 5.69 Å². The number of para-hydroxylation sites is 1. The van der Waals surface area contributed by atoms with Gasteiger partial charge < -0.3 is 4.90 Å². The number of fused-ring (bicyclic) bond motifs is 8. The van der Waals surface area contributed by atoms with Gasteiger partial charge in [-0.3, -0.25) is 4.98 Å². The average Bonchev–Trinajstić information content (AvgIpc) is 3.46. The summed E-state index contributed by atoms with van der Waals surface area (Å²) in [5.74, 6) is 0. The zero-order valence-corrected chi connectivity index (χ0v) is 27.4. The molecule has 47 heavy (non-hydrogen) atoms. The van der Waals surface area contributed by atoms with Crippen LogP contribution in [0.5, 0.6) is 0 Å². The molecule has 0 fully saturated rings. The van der Waals surface area contributed by atoms with Gasteiger partial charge >= 0.3 is 0 Å². The summed E-state index contributed by atoms with van der Waals surface area (Å²) in [5.41, 5.74) is 9.39. The Hall–Kier alpha value is -5.70. The number of nitriles is 1. The summed E-state index contributed by atoms with van der Waals surface area (Å²) in [6.45, 7) is 30.4. The van der Waals surface area contributed by atoms with Crippen molar-refractivity contribution < 1.29 is 0 Å². The van der Waals surface area contributed by atoms with E-state index in [9.17, 15) is 5.26 Å². The van der Waals surface area contributed by atoms with E-state index >= 15 is 0 Å². The van der Waals surface area contributed by atoms with Gasteiger partial charge in [0.1, 0.15) is 0 Å². The van der Waals surface area contributed by atoms with Crippen LogP contribution in [0.15, 0.2) is 91.1 Å². The Morgan fingerprint density at radius 2 is 1.19 bits per heavy atom. The Kier molecular flexibility index (Phi) is 5.62. The van der Waals surface area contributed by atoms with Crippen molar-refractivity contribution in [2.45, 2.75) is 63.2 Å². The smallest absolute Gasteiger partial charge is 0.214 e. The molecule has 0 saturated heterocycles. The number of pyridine rings is 1. The molecule has 3 aliphatic rings. The summed E-state index contributed by atoms with van der Waals surface area (Å²) in [7, 11) is 0. The molecule has 4 aromatic carbocycles. The molecule has 8 rings (SSSR count). The predicted octanol–water partition coefficient (Wildman–Crippen LogP) is 10.7. The van der Waals surface area contributed by atoms with Crippen LogP contribution in [0.2, 0.25) is 0 Å². The molecule has 1 aliphatic heterocycles. The van der Waals surface area contributed by atoms with Crippen LogP contribution in [0.1, 0.15) is 80.6 Å². The van der Waals surface area contributed by atoms with Crippen molar-refractivity contribution in [3.63, 3.8) is 0 Å². The quantitative estimate of drug-likeness (QED) is 0.178. The second-order valence-corrected chi connectivity index (χ2v) is 14.4. The van der Waals surface area contributed by atoms with E-state index in [1.54, 1.807) is 0 Å². The predicted molar refractivity (Wildman–Crippen MR) is 187 cm³/mol. The molecule has 0 bridgehead atoms. The zero-order chi connectivity index (χ0) is 33.1. The van der Waals surface area contributed by atoms with Crippen molar-refractivity contribution in [3.8, 4) is 17.2 Å². The van der Waals surface area contributed by atoms with Crippen LogP contribution in [0.4, 0.5) is 28.4 Å². The van der Waals surface area contributed by atoms with Gasteiger partial charge in [0, 0.05) is 22.4 Å². The van der Waals surface area contributed by atoms with Gasteiger partial charge in [0.05, 0.1) is 47.5 Å². The maximum atomic E-state index is 11.0. The maximum Gasteiger partial charge on any atom is 0.214 e. The van der Waals surface area contributed by atoms with Crippen molar-refractivity contribution in [2.24, 2.45) is 0 Å². The summed E-state index contributed by atoms with van der Waals surface area (Å²) in [5, 5.41) is 11.0. The lowest BCUT2D eigenvalue weighted by atomic mass is 9.52. The van der Waals surface area contributed by atoms with Crippen molar-refractivity contribution in [1.29, 1.82) is 5.26 Å². The van der Waals surface area contributed by atoms with Gasteiger partial charge in [0.25, 0.3) is 0 Å². The fourth-order valence-electron chi connectivity index (χ4n) is 9.97. The zero-order valence-electron chi connectivity index (χ0n) is 27.4. The second kappa shape index (κ2) is 9.19. The molecule has 0 radical (unpaired) electrons. The molecule has 0 saturated carbocycles. The van der Waals surface area contributed by atoms with Crippen molar-refractivity contribution in [2.75, 3.05) is 4.90 Å². The highest BCUT2D eigenvalue weighted by atomic mass is 15.2. The van der Waals surface area contributed by atoms with E-state index in [0.29, 0.717) is 5.69 Å². The number of benzene rings is 4. The summed E-state index contributed by atoms with van der Waals surface area (Å²) < 4.78 is 0. The van der Waals surface area contributed by atoms with Crippen LogP contribution in [-0.2, 0) is 21.7 Å². The summed E-state index contributed by atoms with van der Waals surface area (Å²) in [6.07, 6.45) is 1.82. The fourth-order valence-corrected chi connectivity index (χ4v) is 9.97. The molecule has 5 heteroatoms. The minimum absolute atomic E-state index is 0.115. The van der Waals surface area contributed by atoms with Crippen molar-refractivity contribution >= 4 is 28.4 Å². The third-order valence-electron chi connectivity index (χ3n) is 11.5. The molecule has 0 amide bonds. The lowest BCUT2D eigenvalue weighted by Crippen LogP contribution is -2.51. The fraction of sp³-hybridized carbons (Fsp3) is 0.238. The Morgan fingerprint density at radius 1 is 0.660 bits per heavy atom. The molecule has 2 aliphatic carbocycles. The third-order valence-corrected chi connectivity index (χ3v) is 11.5. The van der Waals surface area contributed by atoms with E-state index in [2.05, 4.69) is 129 Å². The summed E-state index contributed by atoms with van der Waals surface area (Å²) in [4.78, 5) is 15.2. The van der Waals surface area contributed by atoms with Gasteiger partial charge in [0.15, 0.2) is 5.69 Å². The minimum Gasteiger partial charge on any atom is -0.308 e. The van der Waals surface area contributed by atoms with Gasteiger partial charge in [-0.25, -0.2) is 9.69 Å². The monoisotopic (exact) mass is 607 g/mol. The molecule has 5 nitrogen and oxygen atoms in total. The van der Waals surface area contributed by atoms with Crippen LogP contribution >= 0.6 is 0 Å². The molecule has 1 spiro atoms. The van der Waals surface area contributed by atoms with Gasteiger partial charge in [-0.15, -0.1) is 0 Å². The first kappa shape index (κ1) is 28.8. The number of rotatable bonds is 1. The van der Waals surface area contributed by atoms with Crippen LogP contribution in [0.3, 0.4) is 0 Å². The molecule has 5 aromatic rings. The molecule has 226 valence electrons. The van der Waals surface area contributed by atoms with Crippen LogP contribution in [0.25, 0.3) is 20.8 Å². The lowest BCUT2D eigenvalue weighted by molar-refractivity contribution is 0.232. The van der Waals surface area contributed by atoms with E-state index in [-0.39, 0.29) is 16.9 Å². The lowest BCUT2D eigenvalue weighted by Gasteiger charge is -2.50. The molecule has 2 heterocycles. The van der Waals surface area contributed by atoms with Crippen LogP contribution < -0.4 is 4.90 Å². The molecular formula is C42H33N5. The minimum atomic E-state index is -0.650. The van der Waals surface area contributed by atoms with E-state index in [0.717, 1.165) is 33.8 Å². The third kappa shape index (κ3) is 3.09. The second-order valence-electron chi connectivity index (χ2n) is 14.4. The first-order chi connectivity index (χ1) is 22.5. The van der Waals surface area contributed by atoms with Gasteiger partial charge in [-0.2, -0.15) is 5.26 Å². The van der Waals surface area contributed by atoms with E-state index in [1.807, 2.05) is 24.4 Å². The van der Waals surface area contributed by atoms with Crippen molar-refractivity contribution in [3.05, 3.63) is 153 Å². The van der Waals surface area contributed by atoms with Crippen LogP contribution in [0, 0.1) is 24.5 Å². The SMILES string of the molecule is [C-]#[N+]c1c(C#N)c(N2c3ccccc3C(C)(C)c3ncccc32)c2c(c1[N+]#[C-])C(C)(C)C1(c3ccccc3-c3ccccc31)C2(C)C. The molecule has 0 atom stereocenters. The maximum absolute atomic E-state index is 11.0. The van der Waals surface area contributed by atoms with Gasteiger partial charge in [-0.1, -0.05) is 94.4 Å². The Labute approximate surface area is 276 Å². The number of aromatic nitrogens is 1. The highest BCUT2D eigenvalue weighted by Crippen LogP contribution is 2.74. The number of hydrogen-bond acceptors (Lipinski definition) is 3. The van der Waals surface area contributed by atoms with Crippen LogP contribution in [-0.4, -0.2) is 4.98 Å². The topological polar surface area (TPSA) is 48.6 Å². The molecule has 1 aromatic heterocycles. The highest BCUT2D eigenvalue weighted by molar-refractivity contribution is 6.00. The van der Waals surface area contributed by atoms with E-state index in [4.69, 9.17) is 18.1 Å². The number of hydrogen-bond donors (Lipinski definition) is 0. The average molecular weight is 608 g/mol. The standard InChI is InChI=1S/C42H33N5/c1-39(2)30-20-13-14-21-31(30)47(32-22-15-23-46-38(32)39)37-27(24-43)35(44-7)36(45-8)33-34(37)41(5,6)42(40(33,3)4)28-18-11-9-16-25(28)26-17-10-12-19-29(26)42/h9-23H,1-6H3.